The molecule has 92 valence electrons. The average molecular weight is 233 g/mol. The normalized spacial score (nSPS) is 22.4. The number of ether oxygens (including phenoxy) is 1. The van der Waals surface area contributed by atoms with Crippen LogP contribution in [0.5, 0.6) is 0 Å². The summed E-state index contributed by atoms with van der Waals surface area (Å²) in [6.07, 6.45) is 1.52. The summed E-state index contributed by atoms with van der Waals surface area (Å²) >= 11 is 0. The Kier molecular flexibility index (Phi) is 3.09. The van der Waals surface area contributed by atoms with Crippen LogP contribution in [0.2, 0.25) is 0 Å². The van der Waals surface area contributed by atoms with Gasteiger partial charge in [-0.3, -0.25) is 0 Å². The lowest BCUT2D eigenvalue weighted by Gasteiger charge is -2.27. The van der Waals surface area contributed by atoms with Crippen molar-refractivity contribution in [3.05, 3.63) is 35.4 Å². The number of nitrogens with one attached hydrogen (secondary N) is 1. The lowest BCUT2D eigenvalue weighted by molar-refractivity contribution is 0.105. The van der Waals surface area contributed by atoms with E-state index in [4.69, 9.17) is 4.74 Å². The van der Waals surface area contributed by atoms with Gasteiger partial charge in [-0.1, -0.05) is 24.3 Å². The summed E-state index contributed by atoms with van der Waals surface area (Å²) in [7, 11) is 0. The molecule has 3 heteroatoms. The molecule has 0 heterocycles. The third-order valence-corrected chi connectivity index (χ3v) is 3.23. The zero-order valence-corrected chi connectivity index (χ0v) is 10.6. The van der Waals surface area contributed by atoms with Gasteiger partial charge in [-0.2, -0.15) is 0 Å². The van der Waals surface area contributed by atoms with Crippen molar-refractivity contribution >= 4 is 6.09 Å². The fraction of sp³-hybridized carbons (Fsp3) is 0.500. The fourth-order valence-corrected chi connectivity index (χ4v) is 2.39. The Labute approximate surface area is 102 Å². The molecule has 1 N–H and O–H groups in total. The largest absolute Gasteiger partial charge is 0.447 e. The van der Waals surface area contributed by atoms with E-state index in [2.05, 4.69) is 24.4 Å². The van der Waals surface area contributed by atoms with Gasteiger partial charge in [0.25, 0.3) is 0 Å². The van der Waals surface area contributed by atoms with Gasteiger partial charge < -0.3 is 10.1 Å². The van der Waals surface area contributed by atoms with E-state index < -0.39 is 0 Å². The SMILES string of the molecule is CC(C)OC(=O)N[C@@]1(C)CCc2ccccc21. The lowest BCUT2D eigenvalue weighted by atomic mass is 9.94. The zero-order valence-electron chi connectivity index (χ0n) is 10.6. The van der Waals surface area contributed by atoms with E-state index in [0.717, 1.165) is 12.8 Å². The molecule has 0 saturated heterocycles. The van der Waals surface area contributed by atoms with Crippen LogP contribution in [0.1, 0.15) is 38.3 Å². The van der Waals surface area contributed by atoms with Crippen molar-refractivity contribution < 1.29 is 9.53 Å². The number of aryl methyl sites for hydroxylation is 1. The molecule has 0 aromatic heterocycles. The maximum absolute atomic E-state index is 11.7. The second-order valence-electron chi connectivity index (χ2n) is 5.07. The van der Waals surface area contributed by atoms with Crippen LogP contribution < -0.4 is 5.32 Å². The van der Waals surface area contributed by atoms with Crippen molar-refractivity contribution in [2.45, 2.75) is 45.3 Å². The van der Waals surface area contributed by atoms with Crippen LogP contribution in [0.15, 0.2) is 24.3 Å². The molecule has 17 heavy (non-hydrogen) atoms. The number of amides is 1. The molecular formula is C14H19NO2. The molecule has 0 saturated carbocycles. The molecule has 0 aliphatic heterocycles. The Hall–Kier alpha value is -1.51. The molecule has 0 unspecified atom stereocenters. The van der Waals surface area contributed by atoms with Gasteiger partial charge in [-0.15, -0.1) is 0 Å². The number of hydrogen-bond donors (Lipinski definition) is 1. The van der Waals surface area contributed by atoms with Crippen LogP contribution >= 0.6 is 0 Å². The van der Waals surface area contributed by atoms with Crippen molar-refractivity contribution in [2.75, 3.05) is 0 Å². The number of carbonyl (C=O) groups excluding carboxylic acids is 1. The molecule has 1 aromatic rings. The summed E-state index contributed by atoms with van der Waals surface area (Å²) < 4.78 is 5.14. The van der Waals surface area contributed by atoms with Gasteiger partial charge in [0.05, 0.1) is 11.6 Å². The Balaban J connectivity index is 2.14. The number of fused-ring (bicyclic) bond motifs is 1. The zero-order chi connectivity index (χ0) is 12.5. The monoisotopic (exact) mass is 233 g/mol. The first-order valence-electron chi connectivity index (χ1n) is 6.08. The summed E-state index contributed by atoms with van der Waals surface area (Å²) in [6.45, 7) is 5.76. The van der Waals surface area contributed by atoms with E-state index in [1.807, 2.05) is 26.0 Å². The third kappa shape index (κ3) is 2.43. The molecule has 0 radical (unpaired) electrons. The molecular weight excluding hydrogens is 214 g/mol. The minimum Gasteiger partial charge on any atom is -0.447 e. The van der Waals surface area contributed by atoms with Gasteiger partial charge in [0.15, 0.2) is 0 Å². The van der Waals surface area contributed by atoms with Crippen LogP contribution in [0.3, 0.4) is 0 Å². The number of rotatable bonds is 2. The summed E-state index contributed by atoms with van der Waals surface area (Å²) in [5.74, 6) is 0. The van der Waals surface area contributed by atoms with E-state index in [-0.39, 0.29) is 17.7 Å². The number of carbonyl (C=O) groups is 1. The van der Waals surface area contributed by atoms with E-state index in [9.17, 15) is 4.79 Å². The Morgan fingerprint density at radius 3 is 2.82 bits per heavy atom. The standard InChI is InChI=1S/C14H19NO2/c1-10(2)17-13(16)15-14(3)9-8-11-6-4-5-7-12(11)14/h4-7,10H,8-9H2,1-3H3,(H,15,16)/t14-/m0/s1. The van der Waals surface area contributed by atoms with Crippen LogP contribution in [0, 0.1) is 0 Å². The van der Waals surface area contributed by atoms with E-state index in [0.29, 0.717) is 0 Å². The minimum atomic E-state index is -0.334. The predicted molar refractivity (Wildman–Crippen MR) is 66.9 cm³/mol. The van der Waals surface area contributed by atoms with Crippen molar-refractivity contribution in [2.24, 2.45) is 0 Å². The van der Waals surface area contributed by atoms with Gasteiger partial charge in [0, 0.05) is 0 Å². The van der Waals surface area contributed by atoms with E-state index in [1.165, 1.54) is 11.1 Å². The molecule has 3 nitrogen and oxygen atoms in total. The molecule has 2 rings (SSSR count). The quantitative estimate of drug-likeness (QED) is 0.852. The van der Waals surface area contributed by atoms with Crippen molar-refractivity contribution in [3.8, 4) is 0 Å². The molecule has 1 atom stereocenters. The average Bonchev–Trinajstić information content (AvgIpc) is 2.56. The molecule has 0 bridgehead atoms. The van der Waals surface area contributed by atoms with Crippen LogP contribution in [-0.4, -0.2) is 12.2 Å². The van der Waals surface area contributed by atoms with E-state index in [1.54, 1.807) is 0 Å². The van der Waals surface area contributed by atoms with Gasteiger partial charge in [0.1, 0.15) is 0 Å². The van der Waals surface area contributed by atoms with Crippen molar-refractivity contribution in [3.63, 3.8) is 0 Å². The lowest BCUT2D eigenvalue weighted by Crippen LogP contribution is -2.42. The molecule has 1 aliphatic carbocycles. The van der Waals surface area contributed by atoms with Crippen molar-refractivity contribution in [1.29, 1.82) is 0 Å². The number of alkyl carbamates (subject to hydrolysis) is 1. The van der Waals surface area contributed by atoms with Gasteiger partial charge in [0.2, 0.25) is 0 Å². The van der Waals surface area contributed by atoms with E-state index >= 15 is 0 Å². The highest BCUT2D eigenvalue weighted by Gasteiger charge is 2.35. The molecule has 1 amide bonds. The highest BCUT2D eigenvalue weighted by atomic mass is 16.6. The highest BCUT2D eigenvalue weighted by molar-refractivity contribution is 5.69. The van der Waals surface area contributed by atoms with Gasteiger partial charge in [-0.05, 0) is 44.7 Å². The maximum Gasteiger partial charge on any atom is 0.408 e. The first-order valence-corrected chi connectivity index (χ1v) is 6.08. The molecule has 1 aliphatic rings. The predicted octanol–water partition coefficient (Wildman–Crippen LogP) is 2.98. The van der Waals surface area contributed by atoms with Gasteiger partial charge >= 0.3 is 6.09 Å². The summed E-state index contributed by atoms with van der Waals surface area (Å²) in [5, 5.41) is 2.98. The van der Waals surface area contributed by atoms with Crippen LogP contribution in [0.4, 0.5) is 4.79 Å². The summed E-state index contributed by atoms with van der Waals surface area (Å²) in [4.78, 5) is 11.7. The second-order valence-corrected chi connectivity index (χ2v) is 5.07. The summed E-state index contributed by atoms with van der Waals surface area (Å²) in [5.41, 5.74) is 2.24. The first-order chi connectivity index (χ1) is 8.01. The number of hydrogen-bond acceptors (Lipinski definition) is 2. The van der Waals surface area contributed by atoms with Crippen LogP contribution in [0.25, 0.3) is 0 Å². The van der Waals surface area contributed by atoms with Crippen molar-refractivity contribution in [1.82, 2.24) is 5.32 Å². The second kappa shape index (κ2) is 4.40. The first kappa shape index (κ1) is 12.0. The number of benzene rings is 1. The maximum atomic E-state index is 11.7. The third-order valence-electron chi connectivity index (χ3n) is 3.23. The Bertz CT molecular complexity index is 428. The fourth-order valence-electron chi connectivity index (χ4n) is 2.39. The van der Waals surface area contributed by atoms with Gasteiger partial charge in [-0.25, -0.2) is 4.79 Å². The van der Waals surface area contributed by atoms with Crippen LogP contribution in [-0.2, 0) is 16.7 Å². The summed E-state index contributed by atoms with van der Waals surface area (Å²) in [6, 6.07) is 8.25. The topological polar surface area (TPSA) is 38.3 Å². The Morgan fingerprint density at radius 1 is 1.41 bits per heavy atom. The highest BCUT2D eigenvalue weighted by Crippen LogP contribution is 2.36. The molecule has 0 fully saturated rings. The molecule has 1 aromatic carbocycles. The smallest absolute Gasteiger partial charge is 0.408 e. The Morgan fingerprint density at radius 2 is 2.12 bits per heavy atom. The minimum absolute atomic E-state index is 0.0877. The molecule has 0 spiro atoms.